The van der Waals surface area contributed by atoms with Crippen LogP contribution in [0, 0.1) is 6.92 Å². The summed E-state index contributed by atoms with van der Waals surface area (Å²) in [6.45, 7) is 3.10. The fourth-order valence-electron chi connectivity index (χ4n) is 3.36. The number of hydrogen-bond acceptors (Lipinski definition) is 3. The van der Waals surface area contributed by atoms with E-state index in [1.165, 1.54) is 29.5 Å². The van der Waals surface area contributed by atoms with Crippen molar-refractivity contribution < 1.29 is 4.74 Å². The smallest absolute Gasteiger partial charge is 0.133 e. The topological polar surface area (TPSA) is 39.1 Å². The molecule has 1 aliphatic rings. The molecule has 0 saturated heterocycles. The summed E-state index contributed by atoms with van der Waals surface area (Å²) in [6.07, 6.45) is 3.43. The van der Waals surface area contributed by atoms with Gasteiger partial charge < -0.3 is 10.1 Å². The van der Waals surface area contributed by atoms with Crippen molar-refractivity contribution in [2.75, 3.05) is 19.0 Å². The van der Waals surface area contributed by atoms with Crippen molar-refractivity contribution in [1.82, 2.24) is 9.78 Å². The average Bonchev–Trinajstić information content (AvgIpc) is 2.84. The predicted molar refractivity (Wildman–Crippen MR) is 102 cm³/mol. The molecule has 4 heteroatoms. The molecule has 4 rings (SSSR count). The summed E-state index contributed by atoms with van der Waals surface area (Å²) in [5.74, 6) is 1.98. The Kier molecular flexibility index (Phi) is 4.18. The van der Waals surface area contributed by atoms with E-state index < -0.39 is 0 Å². The van der Waals surface area contributed by atoms with E-state index in [1.54, 1.807) is 7.11 Å². The molecular formula is C21H23N3O. The van der Waals surface area contributed by atoms with Crippen molar-refractivity contribution >= 4 is 5.82 Å². The van der Waals surface area contributed by atoms with E-state index in [4.69, 9.17) is 9.84 Å². The van der Waals surface area contributed by atoms with Gasteiger partial charge in [0.1, 0.15) is 11.6 Å². The van der Waals surface area contributed by atoms with Crippen molar-refractivity contribution in [3.05, 3.63) is 59.7 Å². The monoisotopic (exact) mass is 333 g/mol. The van der Waals surface area contributed by atoms with Crippen LogP contribution in [0.1, 0.15) is 24.0 Å². The van der Waals surface area contributed by atoms with Crippen LogP contribution in [0.2, 0.25) is 0 Å². The Balaban J connectivity index is 1.85. The van der Waals surface area contributed by atoms with Gasteiger partial charge in [0, 0.05) is 17.7 Å². The maximum atomic E-state index is 5.28. The minimum Gasteiger partial charge on any atom is -0.497 e. The number of benzene rings is 2. The number of fused-ring (bicyclic) bond motifs is 1. The van der Waals surface area contributed by atoms with Crippen molar-refractivity contribution in [3.63, 3.8) is 0 Å². The summed E-state index contributed by atoms with van der Waals surface area (Å²) in [5, 5.41) is 8.56. The number of nitrogens with one attached hydrogen (secondary N) is 1. The van der Waals surface area contributed by atoms with Crippen LogP contribution in [0.15, 0.2) is 48.5 Å². The maximum absolute atomic E-state index is 5.28. The number of aromatic nitrogens is 2. The summed E-state index contributed by atoms with van der Waals surface area (Å²) in [7, 11) is 1.69. The van der Waals surface area contributed by atoms with Gasteiger partial charge in [-0.05, 0) is 50.5 Å². The second-order valence-corrected chi connectivity index (χ2v) is 6.54. The van der Waals surface area contributed by atoms with E-state index in [2.05, 4.69) is 48.6 Å². The van der Waals surface area contributed by atoms with Crippen LogP contribution in [-0.2, 0) is 6.42 Å². The van der Waals surface area contributed by atoms with Crippen LogP contribution in [0.25, 0.3) is 16.9 Å². The SMILES string of the molecule is COc1ccc(-n2nc(-c3ccc(C)cc3)c3c2NCCCC3)cc1. The van der Waals surface area contributed by atoms with Gasteiger partial charge in [0.15, 0.2) is 0 Å². The molecule has 0 fully saturated rings. The normalized spacial score (nSPS) is 13.7. The van der Waals surface area contributed by atoms with Gasteiger partial charge in [0.2, 0.25) is 0 Å². The molecule has 0 aliphatic carbocycles. The molecule has 0 bridgehead atoms. The van der Waals surface area contributed by atoms with E-state index in [0.717, 1.165) is 35.9 Å². The molecule has 128 valence electrons. The number of aryl methyl sites for hydroxylation is 1. The lowest BCUT2D eigenvalue weighted by atomic mass is 10.0. The van der Waals surface area contributed by atoms with Gasteiger partial charge in [-0.15, -0.1) is 0 Å². The highest BCUT2D eigenvalue weighted by Gasteiger charge is 2.21. The predicted octanol–water partition coefficient (Wildman–Crippen LogP) is 4.60. The van der Waals surface area contributed by atoms with Crippen LogP contribution in [0.5, 0.6) is 5.75 Å². The second kappa shape index (κ2) is 6.63. The Bertz CT molecular complexity index is 863. The molecule has 0 atom stereocenters. The standard InChI is InChI=1S/C21H23N3O/c1-15-6-8-16(9-7-15)20-19-5-3-4-14-22-21(19)24(23-20)17-10-12-18(25-2)13-11-17/h6-13,22H,3-5,14H2,1-2H3. The van der Waals surface area contributed by atoms with Gasteiger partial charge in [-0.25, -0.2) is 4.68 Å². The first kappa shape index (κ1) is 15.8. The summed E-state index contributed by atoms with van der Waals surface area (Å²) in [6, 6.07) is 16.7. The summed E-state index contributed by atoms with van der Waals surface area (Å²) in [5.41, 5.74) is 5.89. The number of ether oxygens (including phenoxy) is 1. The lowest BCUT2D eigenvalue weighted by Crippen LogP contribution is -2.07. The van der Waals surface area contributed by atoms with E-state index in [9.17, 15) is 0 Å². The fraction of sp³-hybridized carbons (Fsp3) is 0.286. The van der Waals surface area contributed by atoms with E-state index in [-0.39, 0.29) is 0 Å². The number of hydrogen-bond donors (Lipinski definition) is 1. The van der Waals surface area contributed by atoms with Crippen LogP contribution >= 0.6 is 0 Å². The Hall–Kier alpha value is -2.75. The molecule has 0 radical (unpaired) electrons. The fourth-order valence-corrected chi connectivity index (χ4v) is 3.36. The minimum atomic E-state index is 0.855. The molecule has 1 aromatic heterocycles. The molecule has 0 spiro atoms. The van der Waals surface area contributed by atoms with Gasteiger partial charge in [0.05, 0.1) is 18.5 Å². The summed E-state index contributed by atoms with van der Waals surface area (Å²) < 4.78 is 7.32. The molecule has 1 aliphatic heterocycles. The molecule has 0 saturated carbocycles. The van der Waals surface area contributed by atoms with Crippen LogP contribution in [0.3, 0.4) is 0 Å². The van der Waals surface area contributed by atoms with Gasteiger partial charge in [-0.2, -0.15) is 5.10 Å². The molecule has 2 heterocycles. The van der Waals surface area contributed by atoms with Crippen LogP contribution in [0.4, 0.5) is 5.82 Å². The van der Waals surface area contributed by atoms with E-state index in [1.807, 2.05) is 16.8 Å². The Morgan fingerprint density at radius 1 is 1.00 bits per heavy atom. The first-order valence-electron chi connectivity index (χ1n) is 8.83. The molecule has 0 unspecified atom stereocenters. The molecule has 2 aromatic carbocycles. The Morgan fingerprint density at radius 3 is 2.48 bits per heavy atom. The number of nitrogens with zero attached hydrogens (tertiary/aromatic N) is 2. The van der Waals surface area contributed by atoms with Gasteiger partial charge in [-0.3, -0.25) is 0 Å². The van der Waals surface area contributed by atoms with E-state index in [0.29, 0.717) is 0 Å². The largest absolute Gasteiger partial charge is 0.497 e. The first-order chi connectivity index (χ1) is 12.3. The molecule has 4 nitrogen and oxygen atoms in total. The van der Waals surface area contributed by atoms with E-state index >= 15 is 0 Å². The third-order valence-corrected chi connectivity index (χ3v) is 4.77. The summed E-state index contributed by atoms with van der Waals surface area (Å²) >= 11 is 0. The molecule has 0 amide bonds. The number of methoxy groups -OCH3 is 1. The average molecular weight is 333 g/mol. The van der Waals surface area contributed by atoms with Gasteiger partial charge >= 0.3 is 0 Å². The quantitative estimate of drug-likeness (QED) is 0.761. The van der Waals surface area contributed by atoms with Crippen molar-refractivity contribution in [2.24, 2.45) is 0 Å². The third kappa shape index (κ3) is 3.00. The van der Waals surface area contributed by atoms with Gasteiger partial charge in [0.25, 0.3) is 0 Å². The zero-order valence-corrected chi connectivity index (χ0v) is 14.7. The number of rotatable bonds is 3. The Morgan fingerprint density at radius 2 is 1.76 bits per heavy atom. The molecule has 1 N–H and O–H groups in total. The minimum absolute atomic E-state index is 0.855. The maximum Gasteiger partial charge on any atom is 0.133 e. The number of anilines is 1. The molecular weight excluding hydrogens is 310 g/mol. The highest BCUT2D eigenvalue weighted by atomic mass is 16.5. The first-order valence-corrected chi connectivity index (χ1v) is 8.83. The lowest BCUT2D eigenvalue weighted by Gasteiger charge is -2.09. The summed E-state index contributed by atoms with van der Waals surface area (Å²) in [4.78, 5) is 0. The lowest BCUT2D eigenvalue weighted by molar-refractivity contribution is 0.414. The van der Waals surface area contributed by atoms with Crippen molar-refractivity contribution in [3.8, 4) is 22.7 Å². The third-order valence-electron chi connectivity index (χ3n) is 4.77. The van der Waals surface area contributed by atoms with Crippen molar-refractivity contribution in [2.45, 2.75) is 26.2 Å². The highest BCUT2D eigenvalue weighted by molar-refractivity contribution is 5.71. The zero-order chi connectivity index (χ0) is 17.2. The molecule has 3 aromatic rings. The van der Waals surface area contributed by atoms with Gasteiger partial charge in [-0.1, -0.05) is 29.8 Å². The molecule has 25 heavy (non-hydrogen) atoms. The van der Waals surface area contributed by atoms with Crippen molar-refractivity contribution in [1.29, 1.82) is 0 Å². The second-order valence-electron chi connectivity index (χ2n) is 6.54. The van der Waals surface area contributed by atoms with Crippen LogP contribution < -0.4 is 10.1 Å². The Labute approximate surface area is 148 Å². The zero-order valence-electron chi connectivity index (χ0n) is 14.7. The van der Waals surface area contributed by atoms with Crippen LogP contribution in [-0.4, -0.2) is 23.4 Å². The highest BCUT2D eigenvalue weighted by Crippen LogP contribution is 2.34.